The molecule has 0 heterocycles. The summed E-state index contributed by atoms with van der Waals surface area (Å²) >= 11 is 3.14. The Balaban J connectivity index is 3.33. The number of halogens is 1. The van der Waals surface area contributed by atoms with Crippen LogP contribution in [-0.4, -0.2) is 22.2 Å². The smallest absolute Gasteiger partial charge is 0.304 e. The Morgan fingerprint density at radius 3 is 2.70 bits per heavy atom. The summed E-state index contributed by atoms with van der Waals surface area (Å²) in [6.45, 7) is 0. The lowest BCUT2D eigenvalue weighted by Gasteiger charge is -2.01. The van der Waals surface area contributed by atoms with Gasteiger partial charge in [-0.2, -0.15) is 0 Å². The summed E-state index contributed by atoms with van der Waals surface area (Å²) in [5.74, 6) is -0.840. The minimum Gasteiger partial charge on any atom is -0.481 e. The van der Waals surface area contributed by atoms with Crippen LogP contribution in [0.5, 0.6) is 0 Å². The van der Waals surface area contributed by atoms with Crippen LogP contribution in [0.15, 0.2) is 0 Å². The van der Waals surface area contributed by atoms with Crippen molar-refractivity contribution in [3.05, 3.63) is 0 Å². The monoisotopic (exact) mass is 208 g/mol. The molecule has 1 N–H and O–H groups in total. The molecule has 4 heteroatoms. The van der Waals surface area contributed by atoms with Gasteiger partial charge in [0.15, 0.2) is 0 Å². The van der Waals surface area contributed by atoms with E-state index in [2.05, 4.69) is 15.9 Å². The maximum Gasteiger partial charge on any atom is 0.304 e. The van der Waals surface area contributed by atoms with E-state index in [-0.39, 0.29) is 11.2 Å². The summed E-state index contributed by atoms with van der Waals surface area (Å²) in [7, 11) is 0. The molecule has 58 valence electrons. The molecule has 0 amide bonds. The Morgan fingerprint density at radius 1 is 1.70 bits per heavy atom. The zero-order valence-electron chi connectivity index (χ0n) is 5.42. The number of hydrogen-bond donors (Lipinski definition) is 1. The minimum atomic E-state index is -0.840. The summed E-state index contributed by atoms with van der Waals surface area (Å²) in [6.07, 6.45) is 1.88. The molecule has 3 nitrogen and oxygen atoms in total. The molecular formula is C6H9BrO3. The number of aliphatic carboxylic acids is 1. The van der Waals surface area contributed by atoms with Gasteiger partial charge in [0.1, 0.15) is 6.29 Å². The van der Waals surface area contributed by atoms with Crippen LogP contribution in [0.2, 0.25) is 0 Å². The Hall–Kier alpha value is -0.380. The third-order valence-corrected chi connectivity index (χ3v) is 1.78. The van der Waals surface area contributed by atoms with Crippen molar-refractivity contribution in [2.45, 2.75) is 24.1 Å². The quantitative estimate of drug-likeness (QED) is 0.546. The van der Waals surface area contributed by atoms with Crippen LogP contribution in [0.1, 0.15) is 19.3 Å². The van der Waals surface area contributed by atoms with Gasteiger partial charge >= 0.3 is 5.97 Å². The van der Waals surface area contributed by atoms with Gasteiger partial charge in [0.25, 0.3) is 0 Å². The van der Waals surface area contributed by atoms with Crippen molar-refractivity contribution in [1.82, 2.24) is 0 Å². The molecule has 0 aromatic heterocycles. The molecule has 0 aliphatic rings. The van der Waals surface area contributed by atoms with Crippen LogP contribution in [-0.2, 0) is 9.59 Å². The van der Waals surface area contributed by atoms with Gasteiger partial charge in [-0.25, -0.2) is 0 Å². The van der Waals surface area contributed by atoms with Gasteiger partial charge in [-0.1, -0.05) is 15.9 Å². The summed E-state index contributed by atoms with van der Waals surface area (Å²) in [5, 5.41) is 8.26. The third kappa shape index (κ3) is 5.75. The van der Waals surface area contributed by atoms with Crippen LogP contribution in [0.25, 0.3) is 0 Å². The van der Waals surface area contributed by atoms with Crippen molar-refractivity contribution >= 4 is 28.2 Å². The van der Waals surface area contributed by atoms with E-state index in [0.717, 1.165) is 6.29 Å². The van der Waals surface area contributed by atoms with Crippen molar-refractivity contribution in [2.24, 2.45) is 0 Å². The lowest BCUT2D eigenvalue weighted by Crippen LogP contribution is -2.06. The number of alkyl halides is 1. The molecule has 0 bridgehead atoms. The second kappa shape index (κ2) is 5.41. The Kier molecular flexibility index (Phi) is 5.20. The molecule has 0 rings (SSSR count). The molecule has 0 aromatic carbocycles. The molecule has 1 unspecified atom stereocenters. The van der Waals surface area contributed by atoms with Crippen LogP contribution in [0, 0.1) is 0 Å². The van der Waals surface area contributed by atoms with Crippen LogP contribution in [0.4, 0.5) is 0 Å². The molecular weight excluding hydrogens is 200 g/mol. The Bertz CT molecular complexity index is 124. The fourth-order valence-corrected chi connectivity index (χ4v) is 1.08. The maximum absolute atomic E-state index is 10.1. The lowest BCUT2D eigenvalue weighted by atomic mass is 10.2. The highest BCUT2D eigenvalue weighted by Gasteiger charge is 2.07. The average molecular weight is 209 g/mol. The topological polar surface area (TPSA) is 54.4 Å². The van der Waals surface area contributed by atoms with E-state index in [1.165, 1.54) is 0 Å². The first-order valence-electron chi connectivity index (χ1n) is 2.96. The number of carboxylic acids is 1. The van der Waals surface area contributed by atoms with Crippen LogP contribution in [0.3, 0.4) is 0 Å². The number of carbonyl (C=O) groups is 2. The first-order valence-corrected chi connectivity index (χ1v) is 3.88. The Labute approximate surface area is 67.5 Å². The number of carboxylic acid groups (broad SMARTS) is 1. The number of carbonyl (C=O) groups excluding carboxylic acids is 1. The second-order valence-electron chi connectivity index (χ2n) is 1.94. The zero-order chi connectivity index (χ0) is 7.98. The average Bonchev–Trinajstić information content (AvgIpc) is 1.82. The summed E-state index contributed by atoms with van der Waals surface area (Å²) in [5.41, 5.74) is 0. The van der Waals surface area contributed by atoms with Crippen molar-refractivity contribution in [3.8, 4) is 0 Å². The molecule has 10 heavy (non-hydrogen) atoms. The van der Waals surface area contributed by atoms with Crippen molar-refractivity contribution in [2.75, 3.05) is 0 Å². The minimum absolute atomic E-state index is 0.0739. The van der Waals surface area contributed by atoms with Gasteiger partial charge in [0.2, 0.25) is 0 Å². The maximum atomic E-state index is 10.1. The summed E-state index contributed by atoms with van der Waals surface area (Å²) in [6, 6.07) is 0. The number of hydrogen-bond acceptors (Lipinski definition) is 2. The summed E-state index contributed by atoms with van der Waals surface area (Å²) in [4.78, 5) is 19.8. The molecule has 0 aliphatic carbocycles. The van der Waals surface area contributed by atoms with Crippen molar-refractivity contribution in [3.63, 3.8) is 0 Å². The van der Waals surface area contributed by atoms with E-state index < -0.39 is 5.97 Å². The molecule has 0 aliphatic heterocycles. The molecule has 0 fully saturated rings. The second-order valence-corrected chi connectivity index (χ2v) is 3.23. The van der Waals surface area contributed by atoms with E-state index in [9.17, 15) is 9.59 Å². The lowest BCUT2D eigenvalue weighted by molar-refractivity contribution is -0.137. The van der Waals surface area contributed by atoms with Crippen molar-refractivity contribution < 1.29 is 14.7 Å². The fourth-order valence-electron chi connectivity index (χ4n) is 0.540. The van der Waals surface area contributed by atoms with E-state index in [1.54, 1.807) is 0 Å². The molecule has 0 saturated heterocycles. The van der Waals surface area contributed by atoms with Gasteiger partial charge in [0.05, 0.1) is 6.42 Å². The number of aldehydes is 1. The van der Waals surface area contributed by atoms with Crippen LogP contribution >= 0.6 is 15.9 Å². The molecule has 0 aromatic rings. The van der Waals surface area contributed by atoms with Gasteiger partial charge < -0.3 is 9.90 Å². The predicted molar refractivity (Wildman–Crippen MR) is 40.3 cm³/mol. The third-order valence-electron chi connectivity index (χ3n) is 0.994. The molecule has 0 saturated carbocycles. The standard InChI is InChI=1S/C6H9BrO3/c7-5(2-1-3-8)4-6(9)10/h3,5H,1-2,4H2,(H,9,10). The highest BCUT2D eigenvalue weighted by molar-refractivity contribution is 9.09. The fraction of sp³-hybridized carbons (Fsp3) is 0.667. The number of rotatable bonds is 5. The van der Waals surface area contributed by atoms with E-state index in [0.29, 0.717) is 12.8 Å². The predicted octanol–water partition coefficient (Wildman–Crippen LogP) is 1.20. The Morgan fingerprint density at radius 2 is 2.30 bits per heavy atom. The van der Waals surface area contributed by atoms with Gasteiger partial charge in [-0.05, 0) is 6.42 Å². The first kappa shape index (κ1) is 9.62. The highest BCUT2D eigenvalue weighted by atomic mass is 79.9. The molecule has 0 radical (unpaired) electrons. The normalized spacial score (nSPS) is 12.5. The van der Waals surface area contributed by atoms with Crippen LogP contribution < -0.4 is 0 Å². The van der Waals surface area contributed by atoms with Crippen molar-refractivity contribution in [1.29, 1.82) is 0 Å². The molecule has 1 atom stereocenters. The van der Waals surface area contributed by atoms with Gasteiger partial charge in [0, 0.05) is 11.2 Å². The SMILES string of the molecule is O=CCCC(Br)CC(=O)O. The van der Waals surface area contributed by atoms with E-state index in [1.807, 2.05) is 0 Å². The largest absolute Gasteiger partial charge is 0.481 e. The van der Waals surface area contributed by atoms with E-state index >= 15 is 0 Å². The van der Waals surface area contributed by atoms with Gasteiger partial charge in [-0.15, -0.1) is 0 Å². The summed E-state index contributed by atoms with van der Waals surface area (Å²) < 4.78 is 0. The molecule has 0 spiro atoms. The zero-order valence-corrected chi connectivity index (χ0v) is 7.00. The van der Waals surface area contributed by atoms with Gasteiger partial charge in [-0.3, -0.25) is 4.79 Å². The highest BCUT2D eigenvalue weighted by Crippen LogP contribution is 2.10. The first-order chi connectivity index (χ1) is 4.66. The van der Waals surface area contributed by atoms with E-state index in [4.69, 9.17) is 5.11 Å².